The van der Waals surface area contributed by atoms with Gasteiger partial charge in [0.1, 0.15) is 11.4 Å². The van der Waals surface area contributed by atoms with Gasteiger partial charge in [0.05, 0.1) is 23.7 Å². The van der Waals surface area contributed by atoms with E-state index in [-0.39, 0.29) is 6.04 Å². The lowest BCUT2D eigenvalue weighted by molar-refractivity contribution is 0.00170. The van der Waals surface area contributed by atoms with Crippen LogP contribution in [-0.2, 0) is 0 Å². The van der Waals surface area contributed by atoms with Crippen LogP contribution in [-0.4, -0.2) is 49.7 Å². The Balaban J connectivity index is 1.39. The highest BCUT2D eigenvalue weighted by Gasteiger charge is 2.24. The summed E-state index contributed by atoms with van der Waals surface area (Å²) in [6.07, 6.45) is 9.81. The van der Waals surface area contributed by atoms with E-state index in [0.29, 0.717) is 25.1 Å². The van der Waals surface area contributed by atoms with Crippen LogP contribution in [0.2, 0.25) is 0 Å². The van der Waals surface area contributed by atoms with E-state index in [0.717, 1.165) is 53.6 Å². The zero-order chi connectivity index (χ0) is 18.2. The number of hydrogen-bond donors (Lipinski definition) is 1. The lowest BCUT2D eigenvalue weighted by atomic mass is 10.1. The van der Waals surface area contributed by atoms with Gasteiger partial charge in [-0.1, -0.05) is 0 Å². The van der Waals surface area contributed by atoms with E-state index in [1.54, 1.807) is 12.4 Å². The average molecular weight is 368 g/mol. The molecule has 0 radical (unpaired) electrons. The molecule has 8 heteroatoms. The second-order valence-corrected chi connectivity index (χ2v) is 7.17. The van der Waals surface area contributed by atoms with E-state index in [2.05, 4.69) is 20.3 Å². The van der Waals surface area contributed by atoms with Crippen LogP contribution in [0, 0.1) is 0 Å². The minimum atomic E-state index is 0.0170. The van der Waals surface area contributed by atoms with Crippen LogP contribution in [0.1, 0.15) is 25.7 Å². The van der Waals surface area contributed by atoms with Crippen LogP contribution in [0.4, 0.5) is 10.4 Å². The molecular weight excluding hydrogens is 347 g/mol. The molecular formula is C19H21FN6O. The van der Waals surface area contributed by atoms with Crippen molar-refractivity contribution in [2.45, 2.75) is 37.8 Å². The summed E-state index contributed by atoms with van der Waals surface area (Å²) in [7, 11) is 0. The first kappa shape index (κ1) is 16.4. The Kier molecular flexibility index (Phi) is 4.12. The third-order valence-corrected chi connectivity index (χ3v) is 4.93. The second kappa shape index (κ2) is 6.77. The quantitative estimate of drug-likeness (QED) is 0.698. The normalized spacial score (nSPS) is 20.7. The van der Waals surface area contributed by atoms with Crippen molar-refractivity contribution in [3.63, 3.8) is 0 Å². The molecule has 0 bridgehead atoms. The molecule has 1 N–H and O–H groups in total. The molecule has 27 heavy (non-hydrogen) atoms. The number of ether oxygens (including phenoxy) is 1. The van der Waals surface area contributed by atoms with Crippen LogP contribution < -0.4 is 10.1 Å². The summed E-state index contributed by atoms with van der Waals surface area (Å²) in [5, 5.41) is 4.09. The fraction of sp³-hybridized carbons (Fsp3) is 0.421. The Morgan fingerprint density at radius 1 is 1.19 bits per heavy atom. The standard InChI is InChI=1S/C19H21FN6O/c20-25-8-1-2-13(12-25)23-19-21-7-5-16(24-19)17-11-22-18-10-15(6-9-26(17)18)27-14-3-4-14/h5-7,9-11,13-14H,1-4,8,12H2,(H,21,23,24). The molecule has 3 aromatic heterocycles. The predicted molar refractivity (Wildman–Crippen MR) is 99.2 cm³/mol. The molecule has 3 aromatic rings. The van der Waals surface area contributed by atoms with Crippen molar-refractivity contribution < 1.29 is 9.22 Å². The lowest BCUT2D eigenvalue weighted by Crippen LogP contribution is -2.38. The number of imidazole rings is 1. The summed E-state index contributed by atoms with van der Waals surface area (Å²) in [6, 6.07) is 5.77. The predicted octanol–water partition coefficient (Wildman–Crippen LogP) is 3.09. The molecule has 7 nitrogen and oxygen atoms in total. The summed E-state index contributed by atoms with van der Waals surface area (Å²) in [5.41, 5.74) is 2.46. The first-order chi connectivity index (χ1) is 13.2. The maximum atomic E-state index is 13.5. The number of nitrogens with zero attached hydrogens (tertiary/aromatic N) is 5. The Hall–Kier alpha value is -2.74. The van der Waals surface area contributed by atoms with Crippen LogP contribution in [0.15, 0.2) is 36.8 Å². The number of rotatable bonds is 5. The van der Waals surface area contributed by atoms with Gasteiger partial charge < -0.3 is 10.1 Å². The van der Waals surface area contributed by atoms with Gasteiger partial charge in [0.15, 0.2) is 0 Å². The molecule has 1 unspecified atom stereocenters. The summed E-state index contributed by atoms with van der Waals surface area (Å²) in [4.78, 5) is 13.4. The second-order valence-electron chi connectivity index (χ2n) is 7.17. The molecule has 1 aliphatic carbocycles. The minimum Gasteiger partial charge on any atom is -0.490 e. The maximum Gasteiger partial charge on any atom is 0.223 e. The molecule has 4 heterocycles. The molecule has 2 aliphatic rings. The van der Waals surface area contributed by atoms with Gasteiger partial charge in [0.25, 0.3) is 0 Å². The third-order valence-electron chi connectivity index (χ3n) is 4.93. The van der Waals surface area contributed by atoms with Crippen LogP contribution >= 0.6 is 0 Å². The van der Waals surface area contributed by atoms with Crippen molar-refractivity contribution in [2.75, 3.05) is 18.4 Å². The van der Waals surface area contributed by atoms with Crippen molar-refractivity contribution >= 4 is 11.6 Å². The fourth-order valence-corrected chi connectivity index (χ4v) is 3.41. The maximum absolute atomic E-state index is 13.5. The van der Waals surface area contributed by atoms with E-state index in [1.807, 2.05) is 28.8 Å². The summed E-state index contributed by atoms with van der Waals surface area (Å²) in [5.74, 6) is 1.36. The van der Waals surface area contributed by atoms with E-state index >= 15 is 0 Å². The van der Waals surface area contributed by atoms with Crippen molar-refractivity contribution in [3.8, 4) is 17.1 Å². The zero-order valence-electron chi connectivity index (χ0n) is 14.9. The van der Waals surface area contributed by atoms with Crippen molar-refractivity contribution in [2.24, 2.45) is 0 Å². The molecule has 0 amide bonds. The highest BCUT2D eigenvalue weighted by molar-refractivity contribution is 5.62. The van der Waals surface area contributed by atoms with E-state index in [4.69, 9.17) is 4.74 Å². The van der Waals surface area contributed by atoms with Crippen molar-refractivity contribution in [1.82, 2.24) is 24.5 Å². The van der Waals surface area contributed by atoms with Gasteiger partial charge in [-0.2, -0.15) is 0 Å². The Morgan fingerprint density at radius 3 is 2.96 bits per heavy atom. The summed E-state index contributed by atoms with van der Waals surface area (Å²) in [6.45, 7) is 0.848. The molecule has 0 spiro atoms. The van der Waals surface area contributed by atoms with Gasteiger partial charge in [-0.05, 0) is 37.8 Å². The summed E-state index contributed by atoms with van der Waals surface area (Å²) < 4.78 is 21.3. The van der Waals surface area contributed by atoms with Gasteiger partial charge in [-0.3, -0.25) is 4.40 Å². The fourth-order valence-electron chi connectivity index (χ4n) is 3.41. The number of nitrogens with one attached hydrogen (secondary N) is 1. The van der Waals surface area contributed by atoms with Gasteiger partial charge in [-0.15, -0.1) is 9.60 Å². The molecule has 0 aromatic carbocycles. The number of hydrogen-bond acceptors (Lipinski definition) is 6. The number of piperidine rings is 1. The van der Waals surface area contributed by atoms with Crippen molar-refractivity contribution in [3.05, 3.63) is 36.8 Å². The highest BCUT2D eigenvalue weighted by atomic mass is 19.2. The molecule has 2 fully saturated rings. The zero-order valence-corrected chi connectivity index (χ0v) is 14.9. The summed E-state index contributed by atoms with van der Waals surface area (Å²) >= 11 is 0. The van der Waals surface area contributed by atoms with Gasteiger partial charge in [-0.25, -0.2) is 15.0 Å². The molecule has 1 aliphatic heterocycles. The van der Waals surface area contributed by atoms with Crippen molar-refractivity contribution in [1.29, 1.82) is 0 Å². The highest BCUT2D eigenvalue weighted by Crippen LogP contribution is 2.28. The topological polar surface area (TPSA) is 67.6 Å². The number of halogens is 1. The third kappa shape index (κ3) is 3.57. The molecule has 140 valence electrons. The molecule has 1 saturated carbocycles. The van der Waals surface area contributed by atoms with Gasteiger partial charge in [0, 0.05) is 37.6 Å². The molecule has 5 rings (SSSR count). The van der Waals surface area contributed by atoms with Gasteiger partial charge >= 0.3 is 0 Å². The number of pyridine rings is 1. The Morgan fingerprint density at radius 2 is 2.11 bits per heavy atom. The number of aromatic nitrogens is 4. The molecule has 1 atom stereocenters. The SMILES string of the molecule is FN1CCCC(Nc2nccc(-c3cnc4cc(OC5CC5)ccn34)n2)C1. The van der Waals surface area contributed by atoms with Crippen LogP contribution in [0.25, 0.3) is 17.0 Å². The first-order valence-electron chi connectivity index (χ1n) is 9.39. The molecule has 1 saturated heterocycles. The smallest absolute Gasteiger partial charge is 0.223 e. The van der Waals surface area contributed by atoms with Crippen LogP contribution in [0.5, 0.6) is 5.75 Å². The van der Waals surface area contributed by atoms with E-state index < -0.39 is 0 Å². The van der Waals surface area contributed by atoms with E-state index in [1.165, 1.54) is 0 Å². The van der Waals surface area contributed by atoms with E-state index in [9.17, 15) is 4.48 Å². The lowest BCUT2D eigenvalue weighted by Gasteiger charge is -2.26. The first-order valence-corrected chi connectivity index (χ1v) is 9.39. The number of fused-ring (bicyclic) bond motifs is 1. The van der Waals surface area contributed by atoms with Crippen LogP contribution in [0.3, 0.4) is 0 Å². The Labute approximate surface area is 156 Å². The minimum absolute atomic E-state index is 0.0170. The van der Waals surface area contributed by atoms with Gasteiger partial charge in [0.2, 0.25) is 5.95 Å². The largest absolute Gasteiger partial charge is 0.490 e. The monoisotopic (exact) mass is 368 g/mol. The Bertz CT molecular complexity index is 956. The average Bonchev–Trinajstić information content (AvgIpc) is 3.38. The number of anilines is 1.